The molecule has 0 saturated heterocycles. The van der Waals surface area contributed by atoms with Gasteiger partial charge in [0.05, 0.1) is 12.6 Å². The summed E-state index contributed by atoms with van der Waals surface area (Å²) in [6, 6.07) is 16.0. The number of rotatable bonds is 5. The number of hydrogen-bond donors (Lipinski definition) is 3. The largest absolute Gasteiger partial charge is 0.487 e. The number of guanidine groups is 1. The van der Waals surface area contributed by atoms with Crippen LogP contribution in [0, 0.1) is 0 Å². The zero-order valence-corrected chi connectivity index (χ0v) is 20.3. The van der Waals surface area contributed by atoms with Crippen molar-refractivity contribution in [2.75, 3.05) is 11.9 Å². The molecule has 3 rings (SSSR count). The van der Waals surface area contributed by atoms with Crippen LogP contribution in [0.2, 0.25) is 0 Å². The number of nitrogens with one attached hydrogen (secondary N) is 3. The molecule has 162 valence electrons. The molecule has 2 aromatic rings. The van der Waals surface area contributed by atoms with Crippen LogP contribution >= 0.6 is 24.0 Å². The van der Waals surface area contributed by atoms with E-state index in [4.69, 9.17) is 9.73 Å². The Labute approximate surface area is 195 Å². The summed E-state index contributed by atoms with van der Waals surface area (Å²) in [5.74, 6) is 1.59. The van der Waals surface area contributed by atoms with Crippen molar-refractivity contribution in [2.24, 2.45) is 4.99 Å². The zero-order chi connectivity index (χ0) is 20.9. The minimum absolute atomic E-state index is 0. The average molecular weight is 522 g/mol. The van der Waals surface area contributed by atoms with Crippen molar-refractivity contribution < 1.29 is 9.53 Å². The van der Waals surface area contributed by atoms with Gasteiger partial charge in [-0.1, -0.05) is 30.3 Å². The highest BCUT2D eigenvalue weighted by atomic mass is 127. The van der Waals surface area contributed by atoms with E-state index >= 15 is 0 Å². The number of carbonyl (C=O) groups excluding carboxylic acids is 1. The summed E-state index contributed by atoms with van der Waals surface area (Å²) in [6.45, 7) is 9.05. The van der Waals surface area contributed by atoms with E-state index in [0.717, 1.165) is 41.5 Å². The molecule has 0 radical (unpaired) electrons. The number of benzene rings is 2. The molecule has 7 heteroatoms. The predicted molar refractivity (Wildman–Crippen MR) is 133 cm³/mol. The second kappa shape index (κ2) is 10.7. The van der Waals surface area contributed by atoms with Crippen LogP contribution in [0.1, 0.15) is 51.3 Å². The standard InChI is InChI=1S/C23H30N4O2.HI/c1-5-24-22(25-15-17-9-8-10-18(13-17)26-16(2)28)27-20-14-23(3,4)29-21-12-7-6-11-19(20)21;/h6-13,20H,5,14-15H2,1-4H3,(H,26,28)(H2,24,25,27);1H. The fraction of sp³-hybridized carbons (Fsp3) is 0.391. The van der Waals surface area contributed by atoms with Crippen molar-refractivity contribution >= 4 is 41.5 Å². The molecule has 1 unspecified atom stereocenters. The lowest BCUT2D eigenvalue weighted by atomic mass is 9.90. The van der Waals surface area contributed by atoms with Gasteiger partial charge in [-0.2, -0.15) is 0 Å². The van der Waals surface area contributed by atoms with E-state index in [2.05, 4.69) is 42.8 Å². The van der Waals surface area contributed by atoms with E-state index in [-0.39, 0.29) is 41.5 Å². The van der Waals surface area contributed by atoms with Crippen LogP contribution in [0.25, 0.3) is 0 Å². The summed E-state index contributed by atoms with van der Waals surface area (Å²) in [5, 5.41) is 9.72. The highest BCUT2D eigenvalue weighted by Gasteiger charge is 2.33. The molecule has 1 amide bonds. The van der Waals surface area contributed by atoms with Crippen molar-refractivity contribution in [1.29, 1.82) is 0 Å². The number of anilines is 1. The topological polar surface area (TPSA) is 74.8 Å². The molecule has 0 saturated carbocycles. The van der Waals surface area contributed by atoms with Gasteiger partial charge in [0.2, 0.25) is 5.91 Å². The monoisotopic (exact) mass is 522 g/mol. The fourth-order valence-corrected chi connectivity index (χ4v) is 3.54. The highest BCUT2D eigenvalue weighted by molar-refractivity contribution is 14.0. The number of nitrogens with zero attached hydrogens (tertiary/aromatic N) is 1. The molecule has 0 spiro atoms. The number of carbonyl (C=O) groups is 1. The lowest BCUT2D eigenvalue weighted by Gasteiger charge is -2.38. The number of fused-ring (bicyclic) bond motifs is 1. The molecule has 1 atom stereocenters. The summed E-state index contributed by atoms with van der Waals surface area (Å²) in [4.78, 5) is 16.0. The molecule has 0 bridgehead atoms. The smallest absolute Gasteiger partial charge is 0.221 e. The van der Waals surface area contributed by atoms with Gasteiger partial charge in [-0.3, -0.25) is 4.79 Å². The maximum absolute atomic E-state index is 11.3. The zero-order valence-electron chi connectivity index (χ0n) is 18.0. The Bertz CT molecular complexity index is 898. The van der Waals surface area contributed by atoms with Crippen LogP contribution in [0.5, 0.6) is 5.75 Å². The van der Waals surface area contributed by atoms with E-state index in [1.807, 2.05) is 42.5 Å². The Morgan fingerprint density at radius 2 is 1.97 bits per heavy atom. The van der Waals surface area contributed by atoms with Crippen molar-refractivity contribution in [3.63, 3.8) is 0 Å². The van der Waals surface area contributed by atoms with E-state index in [1.54, 1.807) is 0 Å². The summed E-state index contributed by atoms with van der Waals surface area (Å²) in [6.07, 6.45) is 0.840. The summed E-state index contributed by atoms with van der Waals surface area (Å²) in [7, 11) is 0. The summed E-state index contributed by atoms with van der Waals surface area (Å²) < 4.78 is 6.13. The van der Waals surface area contributed by atoms with Crippen molar-refractivity contribution in [3.8, 4) is 5.75 Å². The normalized spacial score (nSPS) is 17.1. The lowest BCUT2D eigenvalue weighted by Crippen LogP contribution is -2.45. The molecular formula is C23H31IN4O2. The Kier molecular flexibility index (Phi) is 8.52. The highest BCUT2D eigenvalue weighted by Crippen LogP contribution is 2.39. The molecule has 1 heterocycles. The van der Waals surface area contributed by atoms with Crippen LogP contribution in [0.3, 0.4) is 0 Å². The third-order valence-electron chi connectivity index (χ3n) is 4.70. The second-order valence-electron chi connectivity index (χ2n) is 7.88. The van der Waals surface area contributed by atoms with E-state index < -0.39 is 0 Å². The van der Waals surface area contributed by atoms with Gasteiger partial charge in [0.1, 0.15) is 11.4 Å². The van der Waals surface area contributed by atoms with E-state index in [1.165, 1.54) is 6.92 Å². The quantitative estimate of drug-likeness (QED) is 0.305. The molecule has 3 N–H and O–H groups in total. The van der Waals surface area contributed by atoms with Crippen molar-refractivity contribution in [2.45, 2.75) is 52.3 Å². The number of ether oxygens (including phenoxy) is 1. The second-order valence-corrected chi connectivity index (χ2v) is 7.88. The van der Waals surface area contributed by atoms with E-state index in [0.29, 0.717) is 6.54 Å². The minimum Gasteiger partial charge on any atom is -0.487 e. The van der Waals surface area contributed by atoms with Gasteiger partial charge >= 0.3 is 0 Å². The van der Waals surface area contributed by atoms with Gasteiger partial charge in [0, 0.05) is 31.1 Å². The van der Waals surface area contributed by atoms with Gasteiger partial charge in [-0.05, 0) is 44.5 Å². The van der Waals surface area contributed by atoms with Gasteiger partial charge in [0.15, 0.2) is 5.96 Å². The first kappa shape index (κ1) is 24.0. The van der Waals surface area contributed by atoms with Crippen LogP contribution in [0.15, 0.2) is 53.5 Å². The first-order valence-electron chi connectivity index (χ1n) is 10.1. The third-order valence-corrected chi connectivity index (χ3v) is 4.70. The van der Waals surface area contributed by atoms with Crippen LogP contribution in [0.4, 0.5) is 5.69 Å². The average Bonchev–Trinajstić information content (AvgIpc) is 2.65. The number of hydrogen-bond acceptors (Lipinski definition) is 3. The van der Waals surface area contributed by atoms with Crippen LogP contribution in [-0.2, 0) is 11.3 Å². The Morgan fingerprint density at radius 1 is 1.20 bits per heavy atom. The Morgan fingerprint density at radius 3 is 2.70 bits per heavy atom. The Balaban J connectivity index is 0.00000320. The number of halogens is 1. The summed E-state index contributed by atoms with van der Waals surface area (Å²) in [5.41, 5.74) is 2.70. The van der Waals surface area contributed by atoms with Crippen molar-refractivity contribution in [1.82, 2.24) is 10.6 Å². The maximum Gasteiger partial charge on any atom is 0.221 e. The Hall–Kier alpha value is -2.29. The minimum atomic E-state index is -0.254. The third kappa shape index (κ3) is 6.62. The molecule has 1 aliphatic rings. The molecule has 0 fully saturated rings. The first-order chi connectivity index (χ1) is 13.9. The van der Waals surface area contributed by atoms with E-state index in [9.17, 15) is 4.79 Å². The number of para-hydroxylation sites is 1. The predicted octanol–water partition coefficient (Wildman–Crippen LogP) is 4.62. The summed E-state index contributed by atoms with van der Waals surface area (Å²) >= 11 is 0. The molecule has 2 aromatic carbocycles. The van der Waals surface area contributed by atoms with Crippen LogP contribution < -0.4 is 20.7 Å². The number of amides is 1. The van der Waals surface area contributed by atoms with Crippen molar-refractivity contribution in [3.05, 3.63) is 59.7 Å². The first-order valence-corrected chi connectivity index (χ1v) is 10.1. The maximum atomic E-state index is 11.3. The van der Waals surface area contributed by atoms with Gasteiger partial charge < -0.3 is 20.7 Å². The number of aliphatic imine (C=N–C) groups is 1. The molecule has 30 heavy (non-hydrogen) atoms. The molecule has 1 aliphatic heterocycles. The molecular weight excluding hydrogens is 491 g/mol. The lowest BCUT2D eigenvalue weighted by molar-refractivity contribution is -0.114. The van der Waals surface area contributed by atoms with Gasteiger partial charge in [-0.25, -0.2) is 4.99 Å². The molecule has 0 aliphatic carbocycles. The molecule has 0 aromatic heterocycles. The van der Waals surface area contributed by atoms with Gasteiger partial charge in [-0.15, -0.1) is 24.0 Å². The molecule has 6 nitrogen and oxygen atoms in total. The van der Waals surface area contributed by atoms with Gasteiger partial charge in [0.25, 0.3) is 0 Å². The SMILES string of the molecule is CCNC(=NCc1cccc(NC(C)=O)c1)NC1CC(C)(C)Oc2ccccc21.I. The van der Waals surface area contributed by atoms with Crippen LogP contribution in [-0.4, -0.2) is 24.0 Å². The fourth-order valence-electron chi connectivity index (χ4n) is 3.54.